The van der Waals surface area contributed by atoms with Crippen molar-refractivity contribution in [2.24, 2.45) is 5.73 Å². The summed E-state index contributed by atoms with van der Waals surface area (Å²) in [6.07, 6.45) is 3.73. The topological polar surface area (TPSA) is 38.9 Å². The van der Waals surface area contributed by atoms with E-state index in [0.717, 1.165) is 0 Å². The van der Waals surface area contributed by atoms with Gasteiger partial charge in [-0.1, -0.05) is 25.1 Å². The lowest BCUT2D eigenvalue weighted by Crippen LogP contribution is -2.09. The third-order valence-electron chi connectivity index (χ3n) is 2.60. The SMILES string of the molecule is CC(CN)c1cccc2ccncc12. The van der Waals surface area contributed by atoms with Crippen LogP contribution in [-0.2, 0) is 0 Å². The number of rotatable bonds is 2. The van der Waals surface area contributed by atoms with Crippen molar-refractivity contribution in [1.29, 1.82) is 0 Å². The van der Waals surface area contributed by atoms with Crippen LogP contribution < -0.4 is 5.73 Å². The lowest BCUT2D eigenvalue weighted by molar-refractivity contribution is 0.780. The van der Waals surface area contributed by atoms with Crippen LogP contribution >= 0.6 is 0 Å². The van der Waals surface area contributed by atoms with Gasteiger partial charge in [-0.2, -0.15) is 0 Å². The molecule has 1 atom stereocenters. The van der Waals surface area contributed by atoms with Crippen molar-refractivity contribution >= 4 is 10.8 Å². The summed E-state index contributed by atoms with van der Waals surface area (Å²) in [6, 6.07) is 8.33. The maximum Gasteiger partial charge on any atom is 0.0349 e. The number of hydrogen-bond acceptors (Lipinski definition) is 2. The first-order chi connectivity index (χ1) is 6.83. The van der Waals surface area contributed by atoms with E-state index >= 15 is 0 Å². The van der Waals surface area contributed by atoms with E-state index in [1.165, 1.54) is 16.3 Å². The third kappa shape index (κ3) is 1.49. The van der Waals surface area contributed by atoms with Gasteiger partial charge in [0.1, 0.15) is 0 Å². The molecular weight excluding hydrogens is 172 g/mol. The van der Waals surface area contributed by atoms with Crippen LogP contribution in [0.25, 0.3) is 10.8 Å². The molecule has 1 aromatic heterocycles. The molecule has 0 aliphatic carbocycles. The Balaban J connectivity index is 2.65. The Hall–Kier alpha value is -1.41. The monoisotopic (exact) mass is 186 g/mol. The van der Waals surface area contributed by atoms with Gasteiger partial charge in [0.05, 0.1) is 0 Å². The van der Waals surface area contributed by atoms with E-state index in [0.29, 0.717) is 12.5 Å². The summed E-state index contributed by atoms with van der Waals surface area (Å²) in [4.78, 5) is 4.15. The number of aromatic nitrogens is 1. The third-order valence-corrected chi connectivity index (χ3v) is 2.60. The van der Waals surface area contributed by atoms with E-state index in [1.807, 2.05) is 18.5 Å². The van der Waals surface area contributed by atoms with Crippen molar-refractivity contribution in [1.82, 2.24) is 4.98 Å². The maximum atomic E-state index is 5.67. The summed E-state index contributed by atoms with van der Waals surface area (Å²) in [6.45, 7) is 2.82. The van der Waals surface area contributed by atoms with Crippen LogP contribution in [0, 0.1) is 0 Å². The minimum Gasteiger partial charge on any atom is -0.330 e. The number of nitrogens with zero attached hydrogens (tertiary/aromatic N) is 1. The minimum absolute atomic E-state index is 0.392. The molecule has 0 bridgehead atoms. The molecule has 0 fully saturated rings. The smallest absolute Gasteiger partial charge is 0.0349 e. The number of hydrogen-bond donors (Lipinski definition) is 1. The quantitative estimate of drug-likeness (QED) is 0.781. The highest BCUT2D eigenvalue weighted by atomic mass is 14.6. The molecule has 2 aromatic rings. The van der Waals surface area contributed by atoms with Gasteiger partial charge in [0.2, 0.25) is 0 Å². The second-order valence-corrected chi connectivity index (χ2v) is 3.58. The van der Waals surface area contributed by atoms with Crippen LogP contribution in [-0.4, -0.2) is 11.5 Å². The molecule has 14 heavy (non-hydrogen) atoms. The second kappa shape index (κ2) is 3.76. The average molecular weight is 186 g/mol. The van der Waals surface area contributed by atoms with Gasteiger partial charge < -0.3 is 5.73 Å². The Morgan fingerprint density at radius 1 is 1.36 bits per heavy atom. The van der Waals surface area contributed by atoms with E-state index in [1.54, 1.807) is 0 Å². The molecule has 2 rings (SSSR count). The number of benzene rings is 1. The summed E-state index contributed by atoms with van der Waals surface area (Å²) in [5.74, 6) is 0.392. The first kappa shape index (κ1) is 9.16. The molecule has 1 aromatic carbocycles. The van der Waals surface area contributed by atoms with Gasteiger partial charge in [0.25, 0.3) is 0 Å². The Labute approximate surface area is 83.8 Å². The van der Waals surface area contributed by atoms with Gasteiger partial charge in [-0.15, -0.1) is 0 Å². The molecule has 0 spiro atoms. The lowest BCUT2D eigenvalue weighted by Gasteiger charge is -2.11. The maximum absolute atomic E-state index is 5.67. The van der Waals surface area contributed by atoms with Crippen LogP contribution in [0.15, 0.2) is 36.7 Å². The fourth-order valence-electron chi connectivity index (χ4n) is 1.69. The molecule has 2 nitrogen and oxygen atoms in total. The largest absolute Gasteiger partial charge is 0.330 e. The molecule has 1 heterocycles. The molecule has 0 aliphatic heterocycles. The summed E-state index contributed by atoms with van der Waals surface area (Å²) in [7, 11) is 0. The van der Waals surface area contributed by atoms with E-state index in [2.05, 4.69) is 30.1 Å². The number of nitrogens with two attached hydrogens (primary N) is 1. The molecule has 0 amide bonds. The fourth-order valence-corrected chi connectivity index (χ4v) is 1.69. The summed E-state index contributed by atoms with van der Waals surface area (Å²) >= 11 is 0. The Morgan fingerprint density at radius 2 is 2.21 bits per heavy atom. The average Bonchev–Trinajstić information content (AvgIpc) is 2.27. The first-order valence-electron chi connectivity index (χ1n) is 4.85. The van der Waals surface area contributed by atoms with Crippen molar-refractivity contribution in [3.05, 3.63) is 42.2 Å². The molecular formula is C12H14N2. The van der Waals surface area contributed by atoms with Crippen LogP contribution in [0.1, 0.15) is 18.4 Å². The van der Waals surface area contributed by atoms with Gasteiger partial charge in [-0.25, -0.2) is 0 Å². The van der Waals surface area contributed by atoms with Crippen molar-refractivity contribution in [2.45, 2.75) is 12.8 Å². The van der Waals surface area contributed by atoms with Gasteiger partial charge in [0, 0.05) is 17.8 Å². The second-order valence-electron chi connectivity index (χ2n) is 3.58. The zero-order valence-corrected chi connectivity index (χ0v) is 8.27. The molecule has 0 radical (unpaired) electrons. The normalized spacial score (nSPS) is 13.0. The lowest BCUT2D eigenvalue weighted by atomic mass is 9.96. The van der Waals surface area contributed by atoms with Crippen LogP contribution in [0.5, 0.6) is 0 Å². The van der Waals surface area contributed by atoms with Gasteiger partial charge in [0.15, 0.2) is 0 Å². The standard InChI is InChI=1S/C12H14N2/c1-9(7-13)11-4-2-3-10-5-6-14-8-12(10)11/h2-6,8-9H,7,13H2,1H3. The summed E-state index contributed by atoms with van der Waals surface area (Å²) in [5.41, 5.74) is 6.96. The summed E-state index contributed by atoms with van der Waals surface area (Å²) < 4.78 is 0. The molecule has 72 valence electrons. The van der Waals surface area contributed by atoms with E-state index in [-0.39, 0.29) is 0 Å². The minimum atomic E-state index is 0.392. The van der Waals surface area contributed by atoms with E-state index < -0.39 is 0 Å². The van der Waals surface area contributed by atoms with Crippen molar-refractivity contribution < 1.29 is 0 Å². The van der Waals surface area contributed by atoms with Crippen molar-refractivity contribution in [3.8, 4) is 0 Å². The molecule has 2 N–H and O–H groups in total. The van der Waals surface area contributed by atoms with Crippen LogP contribution in [0.2, 0.25) is 0 Å². The Bertz CT molecular complexity index is 432. The van der Waals surface area contributed by atoms with E-state index in [4.69, 9.17) is 5.73 Å². The van der Waals surface area contributed by atoms with Crippen molar-refractivity contribution in [3.63, 3.8) is 0 Å². The highest BCUT2D eigenvalue weighted by molar-refractivity contribution is 5.85. The first-order valence-corrected chi connectivity index (χ1v) is 4.85. The number of fused-ring (bicyclic) bond motifs is 1. The van der Waals surface area contributed by atoms with Gasteiger partial charge in [-0.3, -0.25) is 4.98 Å². The zero-order valence-electron chi connectivity index (χ0n) is 8.27. The van der Waals surface area contributed by atoms with E-state index in [9.17, 15) is 0 Å². The van der Waals surface area contributed by atoms with Gasteiger partial charge in [-0.05, 0) is 29.5 Å². The predicted octanol–water partition coefficient (Wildman–Crippen LogP) is 2.30. The Kier molecular flexibility index (Phi) is 2.46. The highest BCUT2D eigenvalue weighted by Crippen LogP contribution is 2.23. The molecule has 0 saturated carbocycles. The predicted molar refractivity (Wildman–Crippen MR) is 59.2 cm³/mol. The van der Waals surface area contributed by atoms with Crippen molar-refractivity contribution in [2.75, 3.05) is 6.54 Å². The highest BCUT2D eigenvalue weighted by Gasteiger charge is 2.06. The Morgan fingerprint density at radius 3 is 3.00 bits per heavy atom. The molecule has 1 unspecified atom stereocenters. The summed E-state index contributed by atoms with van der Waals surface area (Å²) in [5, 5.41) is 2.45. The zero-order chi connectivity index (χ0) is 9.97. The molecule has 0 saturated heterocycles. The number of pyridine rings is 1. The molecule has 2 heteroatoms. The van der Waals surface area contributed by atoms with Gasteiger partial charge >= 0.3 is 0 Å². The van der Waals surface area contributed by atoms with Crippen LogP contribution in [0.4, 0.5) is 0 Å². The van der Waals surface area contributed by atoms with Crippen LogP contribution in [0.3, 0.4) is 0 Å². The molecule has 0 aliphatic rings. The fraction of sp³-hybridized carbons (Fsp3) is 0.250.